The number of nitrogens with zero attached hydrogens (tertiary/aromatic N) is 1. The molecule has 1 atom stereocenters. The molecule has 0 radical (unpaired) electrons. The maximum absolute atomic E-state index is 12.0. The second kappa shape index (κ2) is 9.05. The van der Waals surface area contributed by atoms with Gasteiger partial charge in [0.2, 0.25) is 0 Å². The van der Waals surface area contributed by atoms with E-state index in [0.29, 0.717) is 13.0 Å². The number of aliphatic hydroxyl groups is 1. The average molecular weight is 434 g/mol. The van der Waals surface area contributed by atoms with Crippen LogP contribution >= 0.6 is 11.8 Å². The lowest BCUT2D eigenvalue weighted by atomic mass is 9.81. The predicted octanol–water partition coefficient (Wildman–Crippen LogP) is 4.34. The van der Waals surface area contributed by atoms with Gasteiger partial charge in [-0.2, -0.15) is 0 Å². The molecular weight excluding hydrogens is 406 g/mol. The fourth-order valence-electron chi connectivity index (χ4n) is 4.38. The summed E-state index contributed by atoms with van der Waals surface area (Å²) in [5.74, 6) is 0.848. The molecule has 0 bridgehead atoms. The van der Waals surface area contributed by atoms with E-state index in [1.165, 1.54) is 0 Å². The van der Waals surface area contributed by atoms with Crippen molar-refractivity contribution in [2.75, 3.05) is 39.5 Å². The van der Waals surface area contributed by atoms with E-state index in [0.717, 1.165) is 65.1 Å². The van der Waals surface area contributed by atoms with Gasteiger partial charge in [-0.1, -0.05) is 66.4 Å². The SMILES string of the molecule is OC1(Cc2ccccc2)c2ccccc2Sc2cc(OCCN3CCOCC3)ccc21. The van der Waals surface area contributed by atoms with Crippen LogP contribution in [0.2, 0.25) is 0 Å². The van der Waals surface area contributed by atoms with Gasteiger partial charge in [-0.15, -0.1) is 0 Å². The number of fused-ring (bicyclic) bond motifs is 2. The molecule has 0 amide bonds. The van der Waals surface area contributed by atoms with Crippen molar-refractivity contribution in [2.45, 2.75) is 21.8 Å². The highest BCUT2D eigenvalue weighted by molar-refractivity contribution is 7.99. The smallest absolute Gasteiger partial charge is 0.121 e. The van der Waals surface area contributed by atoms with Gasteiger partial charge >= 0.3 is 0 Å². The summed E-state index contributed by atoms with van der Waals surface area (Å²) in [6.07, 6.45) is 0.537. The molecule has 31 heavy (non-hydrogen) atoms. The quantitative estimate of drug-likeness (QED) is 0.626. The molecule has 1 unspecified atom stereocenters. The minimum atomic E-state index is -1.06. The van der Waals surface area contributed by atoms with Gasteiger partial charge in [-0.05, 0) is 23.8 Å². The van der Waals surface area contributed by atoms with E-state index in [2.05, 4.69) is 29.2 Å². The molecule has 5 heteroatoms. The highest BCUT2D eigenvalue weighted by Gasteiger charge is 2.39. The Balaban J connectivity index is 1.40. The van der Waals surface area contributed by atoms with Crippen LogP contribution in [0.1, 0.15) is 16.7 Å². The first-order valence-corrected chi connectivity index (χ1v) is 11.7. The van der Waals surface area contributed by atoms with Crippen LogP contribution in [0.15, 0.2) is 82.6 Å². The van der Waals surface area contributed by atoms with Crippen LogP contribution in [0, 0.1) is 0 Å². The number of hydrogen-bond donors (Lipinski definition) is 1. The number of ether oxygens (including phenoxy) is 2. The van der Waals surface area contributed by atoms with Crippen LogP contribution in [-0.2, 0) is 16.8 Å². The number of benzene rings is 3. The summed E-state index contributed by atoms with van der Waals surface area (Å²) in [7, 11) is 0. The third-order valence-corrected chi connectivity index (χ3v) is 7.17. The first-order valence-electron chi connectivity index (χ1n) is 10.8. The number of morpholine rings is 1. The minimum absolute atomic E-state index is 0.537. The van der Waals surface area contributed by atoms with Crippen LogP contribution in [0.3, 0.4) is 0 Å². The lowest BCUT2D eigenvalue weighted by molar-refractivity contribution is 0.0322. The van der Waals surface area contributed by atoms with Crippen LogP contribution in [0.25, 0.3) is 0 Å². The molecule has 0 aromatic heterocycles. The Morgan fingerprint density at radius 3 is 2.48 bits per heavy atom. The lowest BCUT2D eigenvalue weighted by Crippen LogP contribution is -2.38. The molecule has 0 aliphatic carbocycles. The van der Waals surface area contributed by atoms with E-state index in [-0.39, 0.29) is 0 Å². The molecule has 1 N–H and O–H groups in total. The summed E-state index contributed by atoms with van der Waals surface area (Å²) in [6.45, 7) is 5.08. The van der Waals surface area contributed by atoms with Gasteiger partial charge in [0, 0.05) is 47.0 Å². The Kier molecular flexibility index (Phi) is 6.01. The van der Waals surface area contributed by atoms with E-state index < -0.39 is 5.60 Å². The average Bonchev–Trinajstić information content (AvgIpc) is 2.80. The summed E-state index contributed by atoms with van der Waals surface area (Å²) in [6, 6.07) is 24.5. The van der Waals surface area contributed by atoms with Crippen molar-refractivity contribution in [3.05, 3.63) is 89.5 Å². The first kappa shape index (κ1) is 20.6. The molecule has 1 saturated heterocycles. The van der Waals surface area contributed by atoms with Crippen molar-refractivity contribution < 1.29 is 14.6 Å². The van der Waals surface area contributed by atoms with Crippen LogP contribution < -0.4 is 4.74 Å². The van der Waals surface area contributed by atoms with Crippen LogP contribution in [-0.4, -0.2) is 49.5 Å². The minimum Gasteiger partial charge on any atom is -0.492 e. The fraction of sp³-hybridized carbons (Fsp3) is 0.308. The van der Waals surface area contributed by atoms with E-state index in [1.54, 1.807) is 11.8 Å². The second-order valence-corrected chi connectivity index (χ2v) is 9.17. The molecule has 3 aromatic rings. The molecule has 1 fully saturated rings. The maximum atomic E-state index is 12.0. The van der Waals surface area contributed by atoms with Gasteiger partial charge in [0.1, 0.15) is 18.0 Å². The van der Waals surface area contributed by atoms with Crippen molar-refractivity contribution in [3.63, 3.8) is 0 Å². The molecule has 160 valence electrons. The Hall–Kier alpha value is -2.31. The highest BCUT2D eigenvalue weighted by Crippen LogP contribution is 2.50. The predicted molar refractivity (Wildman–Crippen MR) is 123 cm³/mol. The Morgan fingerprint density at radius 1 is 0.903 bits per heavy atom. The van der Waals surface area contributed by atoms with Crippen molar-refractivity contribution >= 4 is 11.8 Å². The summed E-state index contributed by atoms with van der Waals surface area (Å²) < 4.78 is 11.5. The summed E-state index contributed by atoms with van der Waals surface area (Å²) >= 11 is 1.70. The van der Waals surface area contributed by atoms with Crippen LogP contribution in [0.4, 0.5) is 0 Å². The van der Waals surface area contributed by atoms with Gasteiger partial charge in [0.05, 0.1) is 13.2 Å². The standard InChI is InChI=1S/C26H27NO3S/c28-26(19-20-6-2-1-3-7-20)22-8-4-5-9-24(22)31-25-18-21(10-11-23(25)26)30-17-14-27-12-15-29-16-13-27/h1-11,18,28H,12-17,19H2. The molecule has 2 heterocycles. The van der Waals surface area contributed by atoms with Gasteiger partial charge in [-0.3, -0.25) is 4.90 Å². The van der Waals surface area contributed by atoms with Gasteiger partial charge in [0.15, 0.2) is 0 Å². The zero-order valence-corrected chi connectivity index (χ0v) is 18.3. The third kappa shape index (κ3) is 4.37. The molecule has 0 saturated carbocycles. The number of rotatable bonds is 6. The van der Waals surface area contributed by atoms with E-state index in [1.807, 2.05) is 48.5 Å². The molecular formula is C26H27NO3S. The molecule has 4 nitrogen and oxygen atoms in total. The summed E-state index contributed by atoms with van der Waals surface area (Å²) in [5.41, 5.74) is 1.96. The van der Waals surface area contributed by atoms with Crippen molar-refractivity contribution in [1.29, 1.82) is 0 Å². The molecule has 3 aromatic carbocycles. The van der Waals surface area contributed by atoms with Gasteiger partial charge in [-0.25, -0.2) is 0 Å². The molecule has 5 rings (SSSR count). The third-order valence-electron chi connectivity index (χ3n) is 6.03. The second-order valence-electron chi connectivity index (χ2n) is 8.08. The lowest BCUT2D eigenvalue weighted by Gasteiger charge is -2.36. The van der Waals surface area contributed by atoms with Gasteiger partial charge in [0.25, 0.3) is 0 Å². The topological polar surface area (TPSA) is 41.9 Å². The van der Waals surface area contributed by atoms with Crippen LogP contribution in [0.5, 0.6) is 5.75 Å². The van der Waals surface area contributed by atoms with Crippen molar-refractivity contribution in [3.8, 4) is 5.75 Å². The number of hydrogen-bond acceptors (Lipinski definition) is 5. The van der Waals surface area contributed by atoms with Crippen molar-refractivity contribution in [1.82, 2.24) is 4.90 Å². The zero-order valence-electron chi connectivity index (χ0n) is 17.5. The monoisotopic (exact) mass is 433 g/mol. The van der Waals surface area contributed by atoms with Crippen molar-refractivity contribution in [2.24, 2.45) is 0 Å². The maximum Gasteiger partial charge on any atom is 0.121 e. The van der Waals surface area contributed by atoms with E-state index in [9.17, 15) is 5.11 Å². The molecule has 2 aliphatic rings. The molecule has 0 spiro atoms. The van der Waals surface area contributed by atoms with E-state index >= 15 is 0 Å². The zero-order chi connectivity index (χ0) is 21.1. The molecule has 2 aliphatic heterocycles. The Morgan fingerprint density at radius 2 is 1.65 bits per heavy atom. The largest absolute Gasteiger partial charge is 0.492 e. The highest BCUT2D eigenvalue weighted by atomic mass is 32.2. The summed E-state index contributed by atoms with van der Waals surface area (Å²) in [4.78, 5) is 4.52. The summed E-state index contributed by atoms with van der Waals surface area (Å²) in [5, 5.41) is 12.0. The van der Waals surface area contributed by atoms with E-state index in [4.69, 9.17) is 9.47 Å². The van der Waals surface area contributed by atoms with Gasteiger partial charge < -0.3 is 14.6 Å². The Bertz CT molecular complexity index is 1040. The normalized spacial score (nSPS) is 20.7. The fourth-order valence-corrected chi connectivity index (χ4v) is 5.63. The Labute approximate surface area is 187 Å². The first-order chi connectivity index (χ1) is 15.2.